The number of carbonyl (C=O) groups excluding carboxylic acids is 2. The molecule has 0 aliphatic carbocycles. The van der Waals surface area contributed by atoms with Crippen molar-refractivity contribution in [3.05, 3.63) is 58.1 Å². The van der Waals surface area contributed by atoms with Crippen molar-refractivity contribution in [2.75, 3.05) is 26.5 Å². The van der Waals surface area contributed by atoms with Crippen LogP contribution in [0.1, 0.15) is 20.7 Å². The minimum atomic E-state index is -0.342. The van der Waals surface area contributed by atoms with Crippen molar-refractivity contribution in [3.63, 3.8) is 0 Å². The van der Waals surface area contributed by atoms with Gasteiger partial charge in [0.2, 0.25) is 0 Å². The van der Waals surface area contributed by atoms with Gasteiger partial charge in [0.05, 0.1) is 11.6 Å². The third kappa shape index (κ3) is 5.03. The number of rotatable bonds is 4. The first kappa shape index (κ1) is 19.9. The Balaban J connectivity index is 1.99. The summed E-state index contributed by atoms with van der Waals surface area (Å²) >= 11 is 8.50. The number of nitrogens with one attached hydrogen (secondary N) is 2. The van der Waals surface area contributed by atoms with Crippen LogP contribution in [-0.2, 0) is 0 Å². The molecular formula is C18H18BrN3O3S. The number of anilines is 1. The van der Waals surface area contributed by atoms with E-state index in [1.807, 2.05) is 0 Å². The number of amides is 2. The first-order chi connectivity index (χ1) is 12.3. The normalized spacial score (nSPS) is 10.0. The lowest BCUT2D eigenvalue weighted by molar-refractivity contribution is 0.0827. The van der Waals surface area contributed by atoms with Crippen molar-refractivity contribution in [2.45, 2.75) is 0 Å². The van der Waals surface area contributed by atoms with Gasteiger partial charge in [-0.2, -0.15) is 0 Å². The van der Waals surface area contributed by atoms with Gasteiger partial charge in [-0.3, -0.25) is 14.9 Å². The maximum absolute atomic E-state index is 12.3. The number of hydrogen-bond donors (Lipinski definition) is 2. The Morgan fingerprint density at radius 2 is 1.69 bits per heavy atom. The van der Waals surface area contributed by atoms with E-state index in [0.717, 1.165) is 0 Å². The van der Waals surface area contributed by atoms with Crippen LogP contribution in [0.25, 0.3) is 0 Å². The molecule has 2 rings (SSSR count). The molecule has 0 saturated carbocycles. The highest BCUT2D eigenvalue weighted by Gasteiger charge is 2.11. The highest BCUT2D eigenvalue weighted by atomic mass is 79.9. The number of carbonyl (C=O) groups is 2. The van der Waals surface area contributed by atoms with Gasteiger partial charge in [0.1, 0.15) is 5.75 Å². The van der Waals surface area contributed by atoms with Crippen molar-refractivity contribution in [1.82, 2.24) is 10.2 Å². The van der Waals surface area contributed by atoms with Crippen LogP contribution in [-0.4, -0.2) is 43.0 Å². The summed E-state index contributed by atoms with van der Waals surface area (Å²) in [5.74, 6) is 0.206. The van der Waals surface area contributed by atoms with E-state index in [4.69, 9.17) is 17.0 Å². The van der Waals surface area contributed by atoms with E-state index >= 15 is 0 Å². The maximum atomic E-state index is 12.3. The molecule has 2 N–H and O–H groups in total. The summed E-state index contributed by atoms with van der Waals surface area (Å²) in [7, 11) is 4.93. The fourth-order valence-corrected chi connectivity index (χ4v) is 2.85. The predicted molar refractivity (Wildman–Crippen MR) is 109 cm³/mol. The number of benzene rings is 2. The lowest BCUT2D eigenvalue weighted by atomic mass is 10.2. The molecule has 0 atom stereocenters. The van der Waals surface area contributed by atoms with E-state index < -0.39 is 0 Å². The summed E-state index contributed by atoms with van der Waals surface area (Å²) in [6, 6.07) is 11.8. The molecule has 6 nitrogen and oxygen atoms in total. The van der Waals surface area contributed by atoms with Crippen molar-refractivity contribution in [3.8, 4) is 5.75 Å². The van der Waals surface area contributed by atoms with Gasteiger partial charge in [-0.15, -0.1) is 0 Å². The maximum Gasteiger partial charge on any atom is 0.257 e. The van der Waals surface area contributed by atoms with E-state index in [0.29, 0.717) is 27.0 Å². The molecule has 0 bridgehead atoms. The van der Waals surface area contributed by atoms with E-state index in [1.54, 1.807) is 63.7 Å². The second-order valence-corrected chi connectivity index (χ2v) is 6.80. The summed E-state index contributed by atoms with van der Waals surface area (Å²) < 4.78 is 5.81. The number of thiocarbonyl (C=S) groups is 1. The molecule has 2 amide bonds. The molecule has 0 spiro atoms. The molecular weight excluding hydrogens is 418 g/mol. The number of nitrogens with zero attached hydrogens (tertiary/aromatic N) is 1. The summed E-state index contributed by atoms with van der Waals surface area (Å²) in [5.41, 5.74) is 1.67. The largest absolute Gasteiger partial charge is 0.496 e. The second-order valence-electron chi connectivity index (χ2n) is 5.53. The third-order valence-electron chi connectivity index (χ3n) is 3.44. The molecule has 0 heterocycles. The Labute approximate surface area is 165 Å². The van der Waals surface area contributed by atoms with Gasteiger partial charge in [-0.25, -0.2) is 0 Å². The van der Waals surface area contributed by atoms with E-state index in [1.165, 1.54) is 4.90 Å². The van der Waals surface area contributed by atoms with Crippen molar-refractivity contribution in [1.29, 1.82) is 0 Å². The molecule has 0 aliphatic rings. The van der Waals surface area contributed by atoms with Gasteiger partial charge in [0, 0.05) is 30.9 Å². The standard InChI is InChI=1S/C18H18BrN3O3S/c1-22(2)17(24)11-4-7-13(8-5-11)20-18(26)21-16(23)12-6-9-15(25-3)14(19)10-12/h4-10H,1-3H3,(H2,20,21,23,26). The zero-order valence-corrected chi connectivity index (χ0v) is 16.9. The van der Waals surface area contributed by atoms with Crippen LogP contribution in [0, 0.1) is 0 Å². The molecule has 2 aromatic rings. The molecule has 136 valence electrons. The lowest BCUT2D eigenvalue weighted by Gasteiger charge is -2.12. The SMILES string of the molecule is COc1ccc(C(=O)NC(=S)Nc2ccc(C(=O)N(C)C)cc2)cc1Br. The van der Waals surface area contributed by atoms with Gasteiger partial charge in [-0.1, -0.05) is 0 Å². The quantitative estimate of drug-likeness (QED) is 0.720. The minimum Gasteiger partial charge on any atom is -0.496 e. The van der Waals surface area contributed by atoms with Crippen LogP contribution in [0.2, 0.25) is 0 Å². The predicted octanol–water partition coefficient (Wildman–Crippen LogP) is 3.29. The van der Waals surface area contributed by atoms with Crippen LogP contribution >= 0.6 is 28.1 Å². The lowest BCUT2D eigenvalue weighted by Crippen LogP contribution is -2.34. The number of hydrogen-bond acceptors (Lipinski definition) is 4. The fourth-order valence-electron chi connectivity index (χ4n) is 2.10. The number of methoxy groups -OCH3 is 1. The molecule has 0 radical (unpaired) electrons. The van der Waals surface area contributed by atoms with Gasteiger partial charge >= 0.3 is 0 Å². The highest BCUT2D eigenvalue weighted by molar-refractivity contribution is 9.10. The van der Waals surface area contributed by atoms with E-state index in [-0.39, 0.29) is 16.9 Å². The molecule has 0 unspecified atom stereocenters. The van der Waals surface area contributed by atoms with Crippen molar-refractivity contribution < 1.29 is 14.3 Å². The fraction of sp³-hybridized carbons (Fsp3) is 0.167. The Hall–Kier alpha value is -2.45. The van der Waals surface area contributed by atoms with E-state index in [9.17, 15) is 9.59 Å². The third-order valence-corrected chi connectivity index (χ3v) is 4.26. The molecule has 2 aromatic carbocycles. The summed E-state index contributed by atoms with van der Waals surface area (Å²) in [5, 5.41) is 5.68. The smallest absolute Gasteiger partial charge is 0.257 e. The summed E-state index contributed by atoms with van der Waals surface area (Å²) in [6.45, 7) is 0. The summed E-state index contributed by atoms with van der Waals surface area (Å²) in [6.07, 6.45) is 0. The number of halogens is 1. The van der Waals surface area contributed by atoms with Crippen LogP contribution < -0.4 is 15.4 Å². The highest BCUT2D eigenvalue weighted by Crippen LogP contribution is 2.25. The second kappa shape index (κ2) is 8.77. The van der Waals surface area contributed by atoms with Gasteiger partial charge in [-0.05, 0) is 70.6 Å². The first-order valence-electron chi connectivity index (χ1n) is 7.59. The Kier molecular flexibility index (Phi) is 6.70. The van der Waals surface area contributed by atoms with Gasteiger partial charge in [0.25, 0.3) is 11.8 Å². The molecule has 0 saturated heterocycles. The molecule has 0 aromatic heterocycles. The van der Waals surface area contributed by atoms with Crippen molar-refractivity contribution >= 4 is 50.8 Å². The Bertz CT molecular complexity index is 838. The number of ether oxygens (including phenoxy) is 1. The van der Waals surface area contributed by atoms with Crippen molar-refractivity contribution in [2.24, 2.45) is 0 Å². The average molecular weight is 436 g/mol. The van der Waals surface area contributed by atoms with Crippen LogP contribution in [0.4, 0.5) is 5.69 Å². The minimum absolute atomic E-state index is 0.0856. The molecule has 8 heteroatoms. The van der Waals surface area contributed by atoms with Crippen LogP contribution in [0.5, 0.6) is 5.75 Å². The zero-order valence-electron chi connectivity index (χ0n) is 14.5. The Morgan fingerprint density at radius 1 is 1.08 bits per heavy atom. The van der Waals surface area contributed by atoms with Crippen LogP contribution in [0.3, 0.4) is 0 Å². The zero-order chi connectivity index (χ0) is 19.3. The van der Waals surface area contributed by atoms with Gasteiger partial charge < -0.3 is 15.0 Å². The topological polar surface area (TPSA) is 70.7 Å². The average Bonchev–Trinajstić information content (AvgIpc) is 2.61. The molecule has 26 heavy (non-hydrogen) atoms. The van der Waals surface area contributed by atoms with Crippen LogP contribution in [0.15, 0.2) is 46.9 Å². The molecule has 0 aliphatic heterocycles. The monoisotopic (exact) mass is 435 g/mol. The van der Waals surface area contributed by atoms with Gasteiger partial charge in [0.15, 0.2) is 5.11 Å². The van der Waals surface area contributed by atoms with E-state index in [2.05, 4.69) is 26.6 Å². The molecule has 0 fully saturated rings. The Morgan fingerprint density at radius 3 is 2.23 bits per heavy atom. The first-order valence-corrected chi connectivity index (χ1v) is 8.79. The summed E-state index contributed by atoms with van der Waals surface area (Å²) in [4.78, 5) is 25.6.